The molecule has 1 N–H and O–H groups in total. The van der Waals surface area contributed by atoms with Gasteiger partial charge in [0.1, 0.15) is 0 Å². The van der Waals surface area contributed by atoms with Crippen molar-refractivity contribution in [1.29, 1.82) is 0 Å². The van der Waals surface area contributed by atoms with E-state index in [1.54, 1.807) is 13.0 Å². The van der Waals surface area contributed by atoms with Crippen molar-refractivity contribution in [1.82, 2.24) is 14.8 Å². The number of hydrogen-bond acceptors (Lipinski definition) is 5. The minimum Gasteiger partial charge on any atom is -0.755 e. The summed E-state index contributed by atoms with van der Waals surface area (Å²) in [7, 11) is 0. The van der Waals surface area contributed by atoms with Gasteiger partial charge in [0.05, 0.1) is 11.1 Å². The van der Waals surface area contributed by atoms with Crippen molar-refractivity contribution in [2.45, 2.75) is 13.1 Å². The normalized spacial score (nSPS) is 15.5. The largest absolute Gasteiger partial charge is 0.755 e. The van der Waals surface area contributed by atoms with Gasteiger partial charge in [0.2, 0.25) is 0 Å². The number of aryl methyl sites for hydroxylation is 1. The van der Waals surface area contributed by atoms with Crippen molar-refractivity contribution in [3.8, 4) is 0 Å². The van der Waals surface area contributed by atoms with Crippen LogP contribution in [0.3, 0.4) is 0 Å². The first-order valence-electron chi connectivity index (χ1n) is 9.14. The molecule has 1 saturated heterocycles. The molecule has 0 aliphatic carbocycles. The second-order valence-corrected chi connectivity index (χ2v) is 7.54. The monoisotopic (exact) mass is 455 g/mol. The first-order valence-corrected chi connectivity index (χ1v) is 10.2. The number of anilines is 1. The summed E-state index contributed by atoms with van der Waals surface area (Å²) in [5.74, 6) is -1.10. The molecule has 1 fully saturated rings. The number of halogens is 3. The van der Waals surface area contributed by atoms with Crippen LogP contribution in [0.1, 0.15) is 31.8 Å². The van der Waals surface area contributed by atoms with Crippen LogP contribution in [0.15, 0.2) is 36.7 Å². The Bertz CT molecular complexity index is 1020. The highest BCUT2D eigenvalue weighted by atomic mass is 32.2. The molecule has 3 rings (SSSR count). The fourth-order valence-corrected chi connectivity index (χ4v) is 3.69. The van der Waals surface area contributed by atoms with Gasteiger partial charge >= 0.3 is 6.18 Å². The average Bonchev–Trinajstić information content (AvgIpc) is 2.73. The zero-order chi connectivity index (χ0) is 22.8. The molecular weight excluding hydrogens is 437 g/mol. The predicted molar refractivity (Wildman–Crippen MR) is 105 cm³/mol. The van der Waals surface area contributed by atoms with Gasteiger partial charge in [-0.15, -0.1) is 0 Å². The molecule has 0 spiro atoms. The minimum atomic E-state index is -4.68. The second kappa shape index (κ2) is 9.02. The lowest BCUT2D eigenvalue weighted by Gasteiger charge is -2.35. The van der Waals surface area contributed by atoms with E-state index >= 15 is 0 Å². The van der Waals surface area contributed by atoms with Crippen LogP contribution in [0, 0.1) is 6.92 Å². The number of alkyl halides is 3. The molecule has 166 valence electrons. The summed E-state index contributed by atoms with van der Waals surface area (Å²) in [5, 5.41) is 0. The lowest BCUT2D eigenvalue weighted by atomic mass is 10.1. The number of pyridine rings is 1. The summed E-state index contributed by atoms with van der Waals surface area (Å²) in [6, 6.07) is 5.25. The molecule has 1 aromatic carbocycles. The van der Waals surface area contributed by atoms with Crippen LogP contribution in [0.2, 0.25) is 0 Å². The molecule has 8 nitrogen and oxygen atoms in total. The van der Waals surface area contributed by atoms with Crippen LogP contribution in [0.25, 0.3) is 0 Å². The highest BCUT2D eigenvalue weighted by Crippen LogP contribution is 2.32. The Morgan fingerprint density at radius 1 is 1.10 bits per heavy atom. The summed E-state index contributed by atoms with van der Waals surface area (Å²) in [5.41, 5.74) is -0.332. The Morgan fingerprint density at radius 2 is 1.71 bits per heavy atom. The molecule has 1 aliphatic rings. The predicted octanol–water partition coefficient (Wildman–Crippen LogP) is 2.21. The lowest BCUT2D eigenvalue weighted by Crippen LogP contribution is -2.50. The van der Waals surface area contributed by atoms with E-state index in [-0.39, 0.29) is 32.1 Å². The van der Waals surface area contributed by atoms with E-state index in [1.165, 1.54) is 21.9 Å². The zero-order valence-corrected chi connectivity index (χ0v) is 17.1. The van der Waals surface area contributed by atoms with Crippen LogP contribution < -0.4 is 4.72 Å². The van der Waals surface area contributed by atoms with Gasteiger partial charge in [-0.2, -0.15) is 13.2 Å². The molecule has 0 saturated carbocycles. The number of nitrogens with zero attached hydrogens (tertiary/aromatic N) is 3. The number of nitrogens with one attached hydrogen (secondary N) is 1. The third-order valence-corrected chi connectivity index (χ3v) is 5.26. The molecule has 1 aromatic heterocycles. The van der Waals surface area contributed by atoms with Gasteiger partial charge in [0, 0.05) is 61.1 Å². The maximum Gasteiger partial charge on any atom is 0.417 e. The Hall–Kier alpha value is -2.99. The quantitative estimate of drug-likeness (QED) is 0.712. The summed E-state index contributed by atoms with van der Waals surface area (Å²) < 4.78 is 63.3. The maximum atomic E-state index is 13.2. The van der Waals surface area contributed by atoms with Crippen molar-refractivity contribution >= 4 is 28.8 Å². The van der Waals surface area contributed by atoms with E-state index in [2.05, 4.69) is 9.71 Å². The first-order chi connectivity index (χ1) is 14.6. The molecule has 31 heavy (non-hydrogen) atoms. The van der Waals surface area contributed by atoms with Crippen LogP contribution in [0.4, 0.5) is 18.9 Å². The molecule has 2 aromatic rings. The topological polar surface area (TPSA) is 106 Å². The smallest absolute Gasteiger partial charge is 0.417 e. The van der Waals surface area contributed by atoms with E-state index in [9.17, 15) is 31.5 Å². The number of piperazine rings is 1. The third kappa shape index (κ3) is 5.20. The van der Waals surface area contributed by atoms with Gasteiger partial charge in [-0.05, 0) is 36.8 Å². The van der Waals surface area contributed by atoms with Crippen LogP contribution in [-0.4, -0.2) is 61.5 Å². The van der Waals surface area contributed by atoms with E-state index in [4.69, 9.17) is 0 Å². The van der Waals surface area contributed by atoms with Crippen molar-refractivity contribution in [2.24, 2.45) is 0 Å². The maximum absolute atomic E-state index is 13.2. The molecule has 2 heterocycles. The van der Waals surface area contributed by atoms with Crippen LogP contribution in [0.5, 0.6) is 0 Å². The molecule has 1 aliphatic heterocycles. The Balaban J connectivity index is 1.67. The number of aromatic nitrogens is 1. The Kier molecular flexibility index (Phi) is 6.60. The van der Waals surface area contributed by atoms with E-state index in [0.29, 0.717) is 16.8 Å². The van der Waals surface area contributed by atoms with Crippen molar-refractivity contribution in [3.63, 3.8) is 0 Å². The molecule has 1 unspecified atom stereocenters. The number of amides is 2. The van der Waals surface area contributed by atoms with Crippen molar-refractivity contribution in [3.05, 3.63) is 58.9 Å². The zero-order valence-electron chi connectivity index (χ0n) is 16.3. The second-order valence-electron chi connectivity index (χ2n) is 6.87. The van der Waals surface area contributed by atoms with Gasteiger partial charge in [-0.1, -0.05) is 0 Å². The van der Waals surface area contributed by atoms with E-state index in [1.807, 2.05) is 0 Å². The summed E-state index contributed by atoms with van der Waals surface area (Å²) in [6.45, 7) is 2.09. The third-order valence-electron chi connectivity index (χ3n) is 4.88. The molecule has 0 radical (unpaired) electrons. The number of carbonyl (C=O) groups excluding carboxylic acids is 2. The average molecular weight is 455 g/mol. The molecular formula is C19H18F3N4O4S-. The summed E-state index contributed by atoms with van der Waals surface area (Å²) in [6.07, 6.45) is -2.80. The summed E-state index contributed by atoms with van der Waals surface area (Å²) in [4.78, 5) is 31.7. The summed E-state index contributed by atoms with van der Waals surface area (Å²) >= 11 is -2.49. The SMILES string of the molecule is Cc1cc(C(=O)N2CCN(C(=O)c3cnccc3C(F)(F)F)CC2)ccc1NS(=O)[O-]. The van der Waals surface area contributed by atoms with E-state index in [0.717, 1.165) is 18.5 Å². The van der Waals surface area contributed by atoms with E-state index < -0.39 is 34.5 Å². The van der Waals surface area contributed by atoms with Gasteiger partial charge in [-0.25, -0.2) is 0 Å². The lowest BCUT2D eigenvalue weighted by molar-refractivity contribution is -0.138. The van der Waals surface area contributed by atoms with Gasteiger partial charge in [0.15, 0.2) is 0 Å². The Labute approximate surface area is 178 Å². The number of rotatable bonds is 4. The van der Waals surface area contributed by atoms with Crippen LogP contribution >= 0.6 is 0 Å². The molecule has 12 heteroatoms. The first kappa shape index (κ1) is 22.7. The molecule has 0 bridgehead atoms. The van der Waals surface area contributed by atoms with Gasteiger partial charge < -0.3 is 19.1 Å². The van der Waals surface area contributed by atoms with Gasteiger partial charge in [-0.3, -0.25) is 18.8 Å². The fraction of sp³-hybridized carbons (Fsp3) is 0.316. The Morgan fingerprint density at radius 3 is 2.26 bits per heavy atom. The highest BCUT2D eigenvalue weighted by Gasteiger charge is 2.37. The molecule has 1 atom stereocenters. The number of hydrogen-bond donors (Lipinski definition) is 1. The standard InChI is InChI=1S/C19H19F3N4O4S/c1-12-10-13(2-3-16(12)24-31(29)30)17(27)25-6-8-26(9-7-25)18(28)14-11-23-5-4-15(14)19(20,21)22/h2-5,10-11,24H,6-9H2,1H3,(H,29,30)/p-1. The molecule has 2 amide bonds. The van der Waals surface area contributed by atoms with Crippen molar-refractivity contribution < 1.29 is 31.5 Å². The highest BCUT2D eigenvalue weighted by molar-refractivity contribution is 7.80. The number of benzene rings is 1. The van der Waals surface area contributed by atoms with Crippen molar-refractivity contribution in [2.75, 3.05) is 30.9 Å². The minimum absolute atomic E-state index is 0.0740. The van der Waals surface area contributed by atoms with Crippen LogP contribution in [-0.2, 0) is 17.4 Å². The van der Waals surface area contributed by atoms with Gasteiger partial charge in [0.25, 0.3) is 11.8 Å². The fourth-order valence-electron chi connectivity index (χ4n) is 3.28. The number of carbonyl (C=O) groups is 2.